The second kappa shape index (κ2) is 2.74. The van der Waals surface area contributed by atoms with E-state index in [0.29, 0.717) is 5.41 Å². The molecule has 2 aliphatic rings. The summed E-state index contributed by atoms with van der Waals surface area (Å²) in [6, 6.07) is 0. The molecule has 12 heavy (non-hydrogen) atoms. The van der Waals surface area contributed by atoms with Gasteiger partial charge in [-0.3, -0.25) is 0 Å². The Morgan fingerprint density at radius 1 is 1.42 bits per heavy atom. The minimum absolute atomic E-state index is 0.184. The van der Waals surface area contributed by atoms with Gasteiger partial charge in [0.2, 0.25) is 0 Å². The highest BCUT2D eigenvalue weighted by molar-refractivity contribution is 5.16. The Labute approximate surface area is 73.8 Å². The van der Waals surface area contributed by atoms with Crippen molar-refractivity contribution in [1.82, 2.24) is 0 Å². The summed E-state index contributed by atoms with van der Waals surface area (Å²) in [4.78, 5) is 0. The first-order valence-electron chi connectivity index (χ1n) is 4.74. The monoisotopic (exact) mass is 164 g/mol. The summed E-state index contributed by atoms with van der Waals surface area (Å²) < 4.78 is 0. The van der Waals surface area contributed by atoms with E-state index in [2.05, 4.69) is 12.7 Å². The summed E-state index contributed by atoms with van der Waals surface area (Å²) in [6.07, 6.45) is 9.63. The first kappa shape index (κ1) is 8.06. The molecule has 0 saturated heterocycles. The Hall–Kier alpha value is -0.560. The molecular formula is C11H16O. The van der Waals surface area contributed by atoms with Gasteiger partial charge in [0.1, 0.15) is 0 Å². The Bertz CT molecular complexity index is 217. The number of hydrogen-bond acceptors (Lipinski definition) is 1. The largest absolute Gasteiger partial charge is 0.389 e. The lowest BCUT2D eigenvalue weighted by Crippen LogP contribution is -2.22. The van der Waals surface area contributed by atoms with Gasteiger partial charge in [-0.25, -0.2) is 0 Å². The molecule has 66 valence electrons. The van der Waals surface area contributed by atoms with Crippen LogP contribution < -0.4 is 0 Å². The van der Waals surface area contributed by atoms with Gasteiger partial charge in [0.15, 0.2) is 0 Å². The van der Waals surface area contributed by atoms with Gasteiger partial charge in [-0.2, -0.15) is 0 Å². The topological polar surface area (TPSA) is 20.2 Å². The van der Waals surface area contributed by atoms with Crippen molar-refractivity contribution in [2.24, 2.45) is 5.41 Å². The molecule has 0 aromatic heterocycles. The standard InChI is InChI=1S/C11H16O/c1-9-2-5-11(6-3-9)7-4-10(12)8-11/h4,7,10,12H,1-3,5-6,8H2. The molecule has 2 aliphatic carbocycles. The molecule has 0 amide bonds. The van der Waals surface area contributed by atoms with Crippen molar-refractivity contribution in [1.29, 1.82) is 0 Å². The predicted octanol–water partition coefficient (Wildman–Crippen LogP) is 2.42. The number of aliphatic hydroxyl groups excluding tert-OH is 1. The minimum atomic E-state index is -0.184. The molecule has 1 spiro atoms. The molecule has 0 radical (unpaired) electrons. The zero-order valence-corrected chi connectivity index (χ0v) is 7.42. The zero-order valence-electron chi connectivity index (χ0n) is 7.42. The van der Waals surface area contributed by atoms with Gasteiger partial charge < -0.3 is 5.11 Å². The van der Waals surface area contributed by atoms with Gasteiger partial charge >= 0.3 is 0 Å². The fourth-order valence-electron chi connectivity index (χ4n) is 2.34. The summed E-state index contributed by atoms with van der Waals surface area (Å²) in [5, 5.41) is 9.40. The van der Waals surface area contributed by atoms with E-state index in [4.69, 9.17) is 0 Å². The van der Waals surface area contributed by atoms with Crippen LogP contribution in [0.1, 0.15) is 32.1 Å². The van der Waals surface area contributed by atoms with Crippen LogP contribution >= 0.6 is 0 Å². The summed E-state index contributed by atoms with van der Waals surface area (Å²) in [6.45, 7) is 4.00. The summed E-state index contributed by atoms with van der Waals surface area (Å²) in [7, 11) is 0. The lowest BCUT2D eigenvalue weighted by Gasteiger charge is -2.33. The zero-order chi connectivity index (χ0) is 8.60. The number of hydrogen-bond donors (Lipinski definition) is 1. The van der Waals surface area contributed by atoms with Crippen molar-refractivity contribution in [3.05, 3.63) is 24.3 Å². The molecular weight excluding hydrogens is 148 g/mol. The second-order valence-electron chi connectivity index (χ2n) is 4.24. The van der Waals surface area contributed by atoms with Gasteiger partial charge in [0.05, 0.1) is 6.10 Å². The smallest absolute Gasteiger partial charge is 0.0729 e. The molecule has 1 heteroatoms. The average Bonchev–Trinajstić information content (AvgIpc) is 2.40. The van der Waals surface area contributed by atoms with E-state index >= 15 is 0 Å². The number of rotatable bonds is 0. The van der Waals surface area contributed by atoms with Crippen molar-refractivity contribution < 1.29 is 5.11 Å². The van der Waals surface area contributed by atoms with Gasteiger partial charge in [0.25, 0.3) is 0 Å². The molecule has 0 heterocycles. The third-order valence-corrected chi connectivity index (χ3v) is 3.24. The van der Waals surface area contributed by atoms with E-state index in [1.165, 1.54) is 18.4 Å². The van der Waals surface area contributed by atoms with Gasteiger partial charge in [-0.05, 0) is 37.5 Å². The van der Waals surface area contributed by atoms with Gasteiger partial charge in [-0.1, -0.05) is 24.3 Å². The van der Waals surface area contributed by atoms with Crippen LogP contribution in [0.5, 0.6) is 0 Å². The van der Waals surface area contributed by atoms with Crippen LogP contribution in [0, 0.1) is 5.41 Å². The maximum Gasteiger partial charge on any atom is 0.0729 e. The lowest BCUT2D eigenvalue weighted by atomic mass is 9.72. The SMILES string of the molecule is C=C1CCC2(C=CC(O)C2)CC1. The highest BCUT2D eigenvalue weighted by Gasteiger charge is 2.35. The predicted molar refractivity (Wildman–Crippen MR) is 49.8 cm³/mol. The first-order valence-corrected chi connectivity index (χ1v) is 4.74. The van der Waals surface area contributed by atoms with Crippen LogP contribution in [0.4, 0.5) is 0 Å². The summed E-state index contributed by atoms with van der Waals surface area (Å²) >= 11 is 0. The third-order valence-electron chi connectivity index (χ3n) is 3.24. The maximum atomic E-state index is 9.40. The molecule has 1 N–H and O–H groups in total. The van der Waals surface area contributed by atoms with Gasteiger partial charge in [0, 0.05) is 0 Å². The van der Waals surface area contributed by atoms with Crippen molar-refractivity contribution >= 4 is 0 Å². The van der Waals surface area contributed by atoms with E-state index in [9.17, 15) is 5.11 Å². The molecule has 0 aliphatic heterocycles. The highest BCUT2D eigenvalue weighted by atomic mass is 16.3. The Kier molecular flexibility index (Phi) is 1.84. The normalized spacial score (nSPS) is 33.1. The van der Waals surface area contributed by atoms with Crippen LogP contribution in [0.15, 0.2) is 24.3 Å². The highest BCUT2D eigenvalue weighted by Crippen LogP contribution is 2.45. The van der Waals surface area contributed by atoms with E-state index in [1.54, 1.807) is 0 Å². The lowest BCUT2D eigenvalue weighted by molar-refractivity contribution is 0.161. The Morgan fingerprint density at radius 3 is 2.58 bits per heavy atom. The second-order valence-corrected chi connectivity index (χ2v) is 4.24. The van der Waals surface area contributed by atoms with Crippen LogP contribution in [-0.4, -0.2) is 11.2 Å². The van der Waals surface area contributed by atoms with E-state index in [-0.39, 0.29) is 6.10 Å². The fourth-order valence-corrected chi connectivity index (χ4v) is 2.34. The van der Waals surface area contributed by atoms with Crippen LogP contribution in [0.3, 0.4) is 0 Å². The Morgan fingerprint density at radius 2 is 2.08 bits per heavy atom. The minimum Gasteiger partial charge on any atom is -0.389 e. The average molecular weight is 164 g/mol. The van der Waals surface area contributed by atoms with E-state index in [1.807, 2.05) is 6.08 Å². The molecule has 1 unspecified atom stereocenters. The van der Waals surface area contributed by atoms with Crippen molar-refractivity contribution in [3.63, 3.8) is 0 Å². The van der Waals surface area contributed by atoms with Crippen molar-refractivity contribution in [2.75, 3.05) is 0 Å². The summed E-state index contributed by atoms with van der Waals surface area (Å²) in [5.41, 5.74) is 1.72. The molecule has 0 aromatic carbocycles. The quantitative estimate of drug-likeness (QED) is 0.545. The third kappa shape index (κ3) is 1.34. The fraction of sp³-hybridized carbons (Fsp3) is 0.636. The molecule has 1 nitrogen and oxygen atoms in total. The Balaban J connectivity index is 2.05. The molecule has 1 atom stereocenters. The summed E-state index contributed by atoms with van der Waals surface area (Å²) in [5.74, 6) is 0. The van der Waals surface area contributed by atoms with E-state index in [0.717, 1.165) is 19.3 Å². The number of allylic oxidation sites excluding steroid dienone is 2. The molecule has 1 saturated carbocycles. The van der Waals surface area contributed by atoms with Crippen LogP contribution in [0.25, 0.3) is 0 Å². The van der Waals surface area contributed by atoms with Crippen molar-refractivity contribution in [3.8, 4) is 0 Å². The van der Waals surface area contributed by atoms with Crippen LogP contribution in [-0.2, 0) is 0 Å². The first-order chi connectivity index (χ1) is 5.70. The molecule has 0 bridgehead atoms. The van der Waals surface area contributed by atoms with Crippen LogP contribution in [0.2, 0.25) is 0 Å². The van der Waals surface area contributed by atoms with Crippen molar-refractivity contribution in [2.45, 2.75) is 38.2 Å². The number of aliphatic hydroxyl groups is 1. The maximum absolute atomic E-state index is 9.40. The molecule has 0 aromatic rings. The van der Waals surface area contributed by atoms with Gasteiger partial charge in [-0.15, -0.1) is 0 Å². The van der Waals surface area contributed by atoms with E-state index < -0.39 is 0 Å². The molecule has 2 rings (SSSR count). The molecule has 1 fully saturated rings.